The molecule has 0 aromatic carbocycles. The Labute approximate surface area is 106 Å². The van der Waals surface area contributed by atoms with Crippen molar-refractivity contribution in [3.63, 3.8) is 0 Å². The van der Waals surface area contributed by atoms with Crippen LogP contribution in [0.3, 0.4) is 0 Å². The van der Waals surface area contributed by atoms with Gasteiger partial charge in [-0.2, -0.15) is 13.2 Å². The Kier molecular flexibility index (Phi) is 4.85. The van der Waals surface area contributed by atoms with E-state index in [0.29, 0.717) is 9.91 Å². The average molecular weight is 279 g/mol. The molecule has 0 fully saturated rings. The molecular weight excluding hydrogens is 267 g/mol. The molecule has 4 nitrogen and oxygen atoms in total. The van der Waals surface area contributed by atoms with Crippen LogP contribution < -0.4 is 5.73 Å². The zero-order valence-corrected chi connectivity index (χ0v) is 10.2. The highest BCUT2D eigenvalue weighted by molar-refractivity contribution is 7.09. The van der Waals surface area contributed by atoms with Crippen LogP contribution in [0.2, 0.25) is 0 Å². The Balaban J connectivity index is 2.85. The number of halogens is 3. The van der Waals surface area contributed by atoms with Gasteiger partial charge in [-0.1, -0.05) is 6.08 Å². The highest BCUT2D eigenvalue weighted by Crippen LogP contribution is 2.19. The number of aromatic nitrogens is 1. The zero-order chi connectivity index (χ0) is 13.8. The summed E-state index contributed by atoms with van der Waals surface area (Å²) in [5.41, 5.74) is 5.30. The van der Waals surface area contributed by atoms with Gasteiger partial charge in [-0.05, 0) is 0 Å². The molecule has 0 aliphatic rings. The van der Waals surface area contributed by atoms with Gasteiger partial charge in [-0.15, -0.1) is 17.9 Å². The van der Waals surface area contributed by atoms with Crippen molar-refractivity contribution in [2.45, 2.75) is 12.7 Å². The van der Waals surface area contributed by atoms with E-state index in [-0.39, 0.29) is 18.8 Å². The molecule has 0 unspecified atom stereocenters. The van der Waals surface area contributed by atoms with Gasteiger partial charge in [0, 0.05) is 18.5 Å². The quantitative estimate of drug-likeness (QED) is 0.836. The topological polar surface area (TPSA) is 59.2 Å². The molecule has 2 N–H and O–H groups in total. The van der Waals surface area contributed by atoms with Gasteiger partial charge in [0.2, 0.25) is 0 Å². The van der Waals surface area contributed by atoms with Gasteiger partial charge < -0.3 is 10.6 Å². The molecule has 1 aromatic rings. The van der Waals surface area contributed by atoms with Crippen molar-refractivity contribution < 1.29 is 18.0 Å². The van der Waals surface area contributed by atoms with E-state index in [1.54, 1.807) is 0 Å². The number of nitrogens with zero attached hydrogens (tertiary/aromatic N) is 2. The predicted octanol–water partition coefficient (Wildman–Crippen LogP) is 1.79. The normalized spacial score (nSPS) is 11.3. The van der Waals surface area contributed by atoms with E-state index in [4.69, 9.17) is 5.73 Å². The highest BCUT2D eigenvalue weighted by atomic mass is 32.1. The van der Waals surface area contributed by atoms with Crippen molar-refractivity contribution >= 4 is 17.2 Å². The average Bonchev–Trinajstić information content (AvgIpc) is 2.74. The zero-order valence-electron chi connectivity index (χ0n) is 9.41. The standard InChI is InChI=1S/C10H12F3N3OS/c1-2-3-16(6-10(11,12)13)9(17)7-5-18-8(4-14)15-7/h2,5H,1,3-4,6,14H2. The van der Waals surface area contributed by atoms with Crippen LogP contribution in [0.25, 0.3) is 0 Å². The predicted molar refractivity (Wildman–Crippen MR) is 62.2 cm³/mol. The van der Waals surface area contributed by atoms with E-state index >= 15 is 0 Å². The van der Waals surface area contributed by atoms with Gasteiger partial charge in [0.05, 0.1) is 0 Å². The summed E-state index contributed by atoms with van der Waals surface area (Å²) in [6.07, 6.45) is -3.22. The summed E-state index contributed by atoms with van der Waals surface area (Å²) in [4.78, 5) is 16.3. The van der Waals surface area contributed by atoms with E-state index in [1.165, 1.54) is 11.5 Å². The summed E-state index contributed by atoms with van der Waals surface area (Å²) in [6.45, 7) is 1.97. The van der Waals surface area contributed by atoms with Gasteiger partial charge >= 0.3 is 6.18 Å². The lowest BCUT2D eigenvalue weighted by Crippen LogP contribution is -2.39. The van der Waals surface area contributed by atoms with Gasteiger partial charge in [-0.25, -0.2) is 4.98 Å². The summed E-state index contributed by atoms with van der Waals surface area (Å²) in [7, 11) is 0. The van der Waals surface area contributed by atoms with E-state index in [2.05, 4.69) is 11.6 Å². The molecule has 8 heteroatoms. The monoisotopic (exact) mass is 279 g/mol. The lowest BCUT2D eigenvalue weighted by molar-refractivity contribution is -0.139. The summed E-state index contributed by atoms with van der Waals surface area (Å²) >= 11 is 1.14. The molecule has 1 heterocycles. The van der Waals surface area contributed by atoms with Crippen LogP contribution >= 0.6 is 11.3 Å². The molecule has 0 saturated heterocycles. The lowest BCUT2D eigenvalue weighted by atomic mass is 10.3. The van der Waals surface area contributed by atoms with Crippen LogP contribution in [-0.2, 0) is 6.54 Å². The van der Waals surface area contributed by atoms with Crippen molar-refractivity contribution in [2.24, 2.45) is 5.73 Å². The van der Waals surface area contributed by atoms with Crippen molar-refractivity contribution in [3.8, 4) is 0 Å². The summed E-state index contributed by atoms with van der Waals surface area (Å²) in [6, 6.07) is 0. The van der Waals surface area contributed by atoms with Gasteiger partial charge in [0.25, 0.3) is 5.91 Å². The molecule has 0 radical (unpaired) electrons. The number of amides is 1. The number of thiazole rings is 1. The molecule has 1 aromatic heterocycles. The van der Waals surface area contributed by atoms with E-state index < -0.39 is 18.6 Å². The Bertz CT molecular complexity index is 430. The fourth-order valence-corrected chi connectivity index (χ4v) is 1.90. The third-order valence-electron chi connectivity index (χ3n) is 1.95. The molecule has 1 rings (SSSR count). The minimum atomic E-state index is -4.45. The Morgan fingerprint density at radius 1 is 1.61 bits per heavy atom. The van der Waals surface area contributed by atoms with Crippen LogP contribution in [0.15, 0.2) is 18.0 Å². The van der Waals surface area contributed by atoms with Crippen LogP contribution in [-0.4, -0.2) is 35.1 Å². The third kappa shape index (κ3) is 4.11. The second-order valence-corrected chi connectivity index (χ2v) is 4.36. The van der Waals surface area contributed by atoms with Gasteiger partial charge in [0.1, 0.15) is 17.2 Å². The summed E-state index contributed by atoms with van der Waals surface area (Å²) < 4.78 is 36.9. The number of nitrogens with two attached hydrogens (primary N) is 1. The van der Waals surface area contributed by atoms with Crippen molar-refractivity contribution in [2.75, 3.05) is 13.1 Å². The van der Waals surface area contributed by atoms with Crippen LogP contribution in [0.4, 0.5) is 13.2 Å². The molecule has 0 bridgehead atoms. The van der Waals surface area contributed by atoms with E-state index in [0.717, 1.165) is 11.3 Å². The lowest BCUT2D eigenvalue weighted by Gasteiger charge is -2.21. The Morgan fingerprint density at radius 2 is 2.28 bits per heavy atom. The van der Waals surface area contributed by atoms with Crippen LogP contribution in [0.1, 0.15) is 15.5 Å². The van der Waals surface area contributed by atoms with E-state index in [1.807, 2.05) is 0 Å². The van der Waals surface area contributed by atoms with Gasteiger partial charge in [0.15, 0.2) is 0 Å². The molecule has 0 atom stereocenters. The molecular formula is C10H12F3N3OS. The molecule has 18 heavy (non-hydrogen) atoms. The van der Waals surface area contributed by atoms with Crippen LogP contribution in [0.5, 0.6) is 0 Å². The second kappa shape index (κ2) is 5.96. The fraction of sp³-hybridized carbons (Fsp3) is 0.400. The summed E-state index contributed by atoms with van der Waals surface area (Å²) in [5, 5.41) is 1.90. The second-order valence-electron chi connectivity index (χ2n) is 3.42. The maximum atomic E-state index is 12.3. The number of carbonyl (C=O) groups is 1. The van der Waals surface area contributed by atoms with Crippen molar-refractivity contribution in [1.29, 1.82) is 0 Å². The first-order valence-electron chi connectivity index (χ1n) is 4.98. The molecule has 1 amide bonds. The first-order valence-corrected chi connectivity index (χ1v) is 5.86. The number of carbonyl (C=O) groups excluding carboxylic acids is 1. The Morgan fingerprint density at radius 3 is 2.72 bits per heavy atom. The summed E-state index contributed by atoms with van der Waals surface area (Å²) in [5.74, 6) is -0.775. The molecule has 0 aliphatic carbocycles. The highest BCUT2D eigenvalue weighted by Gasteiger charge is 2.33. The maximum Gasteiger partial charge on any atom is 0.406 e. The van der Waals surface area contributed by atoms with Crippen molar-refractivity contribution in [3.05, 3.63) is 28.7 Å². The largest absolute Gasteiger partial charge is 0.406 e. The number of hydrogen-bond acceptors (Lipinski definition) is 4. The number of alkyl halides is 3. The van der Waals surface area contributed by atoms with Crippen molar-refractivity contribution in [1.82, 2.24) is 9.88 Å². The van der Waals surface area contributed by atoms with E-state index in [9.17, 15) is 18.0 Å². The minimum Gasteiger partial charge on any atom is -0.325 e. The SMILES string of the molecule is C=CCN(CC(F)(F)F)C(=O)c1csc(CN)n1. The maximum absolute atomic E-state index is 12.3. The van der Waals surface area contributed by atoms with Gasteiger partial charge in [-0.3, -0.25) is 4.79 Å². The fourth-order valence-electron chi connectivity index (χ4n) is 1.26. The third-order valence-corrected chi connectivity index (χ3v) is 2.82. The van der Waals surface area contributed by atoms with Crippen LogP contribution in [0, 0.1) is 0 Å². The first kappa shape index (κ1) is 14.7. The minimum absolute atomic E-state index is 0.0217. The molecule has 0 saturated carbocycles. The smallest absolute Gasteiger partial charge is 0.325 e. The molecule has 100 valence electrons. The molecule has 0 spiro atoms. The Hall–Kier alpha value is -1.41. The molecule has 0 aliphatic heterocycles. The first-order chi connectivity index (χ1) is 8.37. The number of hydrogen-bond donors (Lipinski definition) is 1. The number of rotatable bonds is 5.